The first-order valence-corrected chi connectivity index (χ1v) is 8.92. The van der Waals surface area contributed by atoms with Gasteiger partial charge < -0.3 is 9.72 Å². The lowest BCUT2D eigenvalue weighted by Crippen LogP contribution is -2.23. The Bertz CT molecular complexity index is 976. The number of aromatic nitrogens is 5. The fourth-order valence-corrected chi connectivity index (χ4v) is 3.30. The Balaban J connectivity index is 2.05. The van der Waals surface area contributed by atoms with Crippen LogP contribution in [-0.2, 0) is 6.42 Å². The van der Waals surface area contributed by atoms with Crippen LogP contribution in [0.15, 0.2) is 45.1 Å². The third-order valence-corrected chi connectivity index (χ3v) is 4.48. The number of aromatic amines is 2. The molecule has 0 aliphatic heterocycles. The van der Waals surface area contributed by atoms with Crippen LogP contribution in [0.1, 0.15) is 25.4 Å². The molecule has 2 N–H and O–H groups in total. The minimum absolute atomic E-state index is 0.275. The van der Waals surface area contributed by atoms with Gasteiger partial charge in [-0.2, -0.15) is 0 Å². The van der Waals surface area contributed by atoms with E-state index in [-0.39, 0.29) is 6.42 Å². The minimum atomic E-state index is -0.542. The van der Waals surface area contributed by atoms with Crippen LogP contribution in [0.4, 0.5) is 0 Å². The number of hydrogen-bond donors (Lipinski definition) is 2. The number of nitrogens with one attached hydrogen (secondary N) is 2. The zero-order chi connectivity index (χ0) is 18.7. The minimum Gasteiger partial charge on any atom is -0.497 e. The van der Waals surface area contributed by atoms with Gasteiger partial charge in [-0.15, -0.1) is 10.2 Å². The molecule has 136 valence electrons. The van der Waals surface area contributed by atoms with Gasteiger partial charge in [0.25, 0.3) is 5.56 Å². The molecule has 26 heavy (non-hydrogen) atoms. The maximum Gasteiger partial charge on any atom is 0.325 e. The van der Waals surface area contributed by atoms with Gasteiger partial charge in [0, 0.05) is 29.1 Å². The maximum absolute atomic E-state index is 11.5. The van der Waals surface area contributed by atoms with Crippen molar-refractivity contribution in [3.63, 3.8) is 0 Å². The summed E-state index contributed by atoms with van der Waals surface area (Å²) in [6.45, 7) is 4.15. The zero-order valence-electron chi connectivity index (χ0n) is 14.6. The SMILES string of the molecule is COc1ccc(-n2c(Cc3cc(=O)[nH]c(=O)[nH]3)nnc2SC(C)C)cc1. The summed E-state index contributed by atoms with van der Waals surface area (Å²) in [4.78, 5) is 27.8. The molecular weight excluding hydrogens is 354 g/mol. The van der Waals surface area contributed by atoms with Crippen molar-refractivity contribution in [2.24, 2.45) is 0 Å². The Morgan fingerprint density at radius 1 is 1.15 bits per heavy atom. The predicted octanol–water partition coefficient (Wildman–Crippen LogP) is 1.74. The Morgan fingerprint density at radius 3 is 2.50 bits per heavy atom. The molecule has 3 rings (SSSR count). The second kappa shape index (κ2) is 7.61. The number of benzene rings is 1. The average Bonchev–Trinajstić information content (AvgIpc) is 2.95. The van der Waals surface area contributed by atoms with Crippen LogP contribution in [0.5, 0.6) is 5.75 Å². The summed E-state index contributed by atoms with van der Waals surface area (Å²) in [6.07, 6.45) is 0.275. The summed E-state index contributed by atoms with van der Waals surface area (Å²) in [5.41, 5.74) is 0.360. The smallest absolute Gasteiger partial charge is 0.325 e. The number of methoxy groups -OCH3 is 1. The largest absolute Gasteiger partial charge is 0.497 e. The van der Waals surface area contributed by atoms with Crippen LogP contribution >= 0.6 is 11.8 Å². The molecule has 0 saturated carbocycles. The van der Waals surface area contributed by atoms with E-state index in [1.54, 1.807) is 18.9 Å². The first-order valence-electron chi connectivity index (χ1n) is 8.04. The number of thioether (sulfide) groups is 1. The Hall–Kier alpha value is -2.81. The monoisotopic (exact) mass is 373 g/mol. The van der Waals surface area contributed by atoms with E-state index in [9.17, 15) is 9.59 Å². The Morgan fingerprint density at radius 2 is 1.88 bits per heavy atom. The van der Waals surface area contributed by atoms with Gasteiger partial charge in [0.1, 0.15) is 11.6 Å². The summed E-state index contributed by atoms with van der Waals surface area (Å²) in [6, 6.07) is 8.90. The Kier molecular flexibility index (Phi) is 5.27. The lowest BCUT2D eigenvalue weighted by Gasteiger charge is -2.12. The topological polar surface area (TPSA) is 106 Å². The van der Waals surface area contributed by atoms with Gasteiger partial charge in [-0.25, -0.2) is 4.79 Å². The number of H-pyrrole nitrogens is 2. The molecule has 0 bridgehead atoms. The standard InChI is InChI=1S/C17H19N5O3S/c1-10(2)26-17-21-20-14(8-11-9-15(23)19-16(24)18-11)22(17)12-4-6-13(25-3)7-5-12/h4-7,9-10H,8H2,1-3H3,(H2,18,19,23,24). The summed E-state index contributed by atoms with van der Waals surface area (Å²) < 4.78 is 7.13. The van der Waals surface area contributed by atoms with E-state index in [1.165, 1.54) is 6.07 Å². The van der Waals surface area contributed by atoms with Gasteiger partial charge in [-0.3, -0.25) is 14.3 Å². The second-order valence-electron chi connectivity index (χ2n) is 5.89. The van der Waals surface area contributed by atoms with Crippen LogP contribution in [0.3, 0.4) is 0 Å². The second-order valence-corrected chi connectivity index (χ2v) is 7.43. The number of nitrogens with zero attached hydrogens (tertiary/aromatic N) is 3. The number of hydrogen-bond acceptors (Lipinski definition) is 6. The van der Waals surface area contributed by atoms with Gasteiger partial charge >= 0.3 is 5.69 Å². The molecule has 0 fully saturated rings. The summed E-state index contributed by atoms with van der Waals surface area (Å²) in [5.74, 6) is 1.37. The van der Waals surface area contributed by atoms with Crippen LogP contribution in [-0.4, -0.2) is 37.1 Å². The number of ether oxygens (including phenoxy) is 1. The van der Waals surface area contributed by atoms with Crippen molar-refractivity contribution in [1.29, 1.82) is 0 Å². The highest BCUT2D eigenvalue weighted by atomic mass is 32.2. The van der Waals surface area contributed by atoms with Crippen LogP contribution in [0.2, 0.25) is 0 Å². The van der Waals surface area contributed by atoms with E-state index < -0.39 is 11.2 Å². The molecule has 3 aromatic rings. The van der Waals surface area contributed by atoms with Crippen LogP contribution in [0.25, 0.3) is 5.69 Å². The van der Waals surface area contributed by atoms with Gasteiger partial charge in [-0.05, 0) is 24.3 Å². The molecule has 9 heteroatoms. The number of rotatable bonds is 6. The molecule has 0 aliphatic rings. The van der Waals surface area contributed by atoms with E-state index in [0.29, 0.717) is 16.8 Å². The Labute approximate surface area is 153 Å². The fraction of sp³-hybridized carbons (Fsp3) is 0.294. The average molecular weight is 373 g/mol. The molecule has 0 aliphatic carbocycles. The van der Waals surface area contributed by atoms with E-state index in [4.69, 9.17) is 4.74 Å². The first kappa shape index (κ1) is 18.0. The molecule has 1 aromatic carbocycles. The fourth-order valence-electron chi connectivity index (χ4n) is 2.48. The molecule has 0 radical (unpaired) electrons. The lowest BCUT2D eigenvalue weighted by atomic mass is 10.2. The third kappa shape index (κ3) is 4.05. The van der Waals surface area contributed by atoms with Gasteiger partial charge in [0.2, 0.25) is 0 Å². The highest BCUT2D eigenvalue weighted by Crippen LogP contribution is 2.27. The van der Waals surface area contributed by atoms with Crippen molar-refractivity contribution < 1.29 is 4.74 Å². The van der Waals surface area contributed by atoms with Crippen molar-refractivity contribution in [1.82, 2.24) is 24.7 Å². The molecule has 0 atom stereocenters. The highest BCUT2D eigenvalue weighted by molar-refractivity contribution is 7.99. The molecule has 2 heterocycles. The normalized spacial score (nSPS) is 11.1. The maximum atomic E-state index is 11.5. The van der Waals surface area contributed by atoms with E-state index in [1.807, 2.05) is 28.8 Å². The predicted molar refractivity (Wildman–Crippen MR) is 99.4 cm³/mol. The van der Waals surface area contributed by atoms with Crippen molar-refractivity contribution in [2.45, 2.75) is 30.7 Å². The first-order chi connectivity index (χ1) is 12.5. The molecule has 0 amide bonds. The van der Waals surface area contributed by atoms with E-state index in [2.05, 4.69) is 34.0 Å². The van der Waals surface area contributed by atoms with Gasteiger partial charge in [0.15, 0.2) is 5.16 Å². The molecule has 8 nitrogen and oxygen atoms in total. The summed E-state index contributed by atoms with van der Waals surface area (Å²) >= 11 is 1.59. The third-order valence-electron chi connectivity index (χ3n) is 3.54. The molecule has 2 aromatic heterocycles. The van der Waals surface area contributed by atoms with Crippen LogP contribution in [0, 0.1) is 0 Å². The van der Waals surface area contributed by atoms with Gasteiger partial charge in [-0.1, -0.05) is 25.6 Å². The molecule has 0 spiro atoms. The van der Waals surface area contributed by atoms with Crippen molar-refractivity contribution in [3.8, 4) is 11.4 Å². The molecule has 0 saturated heterocycles. The van der Waals surface area contributed by atoms with E-state index >= 15 is 0 Å². The quantitative estimate of drug-likeness (QED) is 0.638. The van der Waals surface area contributed by atoms with Crippen molar-refractivity contribution in [3.05, 3.63) is 62.7 Å². The molecular formula is C17H19N5O3S. The summed E-state index contributed by atoms with van der Waals surface area (Å²) in [5, 5.41) is 9.62. The summed E-state index contributed by atoms with van der Waals surface area (Å²) in [7, 11) is 1.61. The molecule has 0 unspecified atom stereocenters. The highest BCUT2D eigenvalue weighted by Gasteiger charge is 2.17. The lowest BCUT2D eigenvalue weighted by molar-refractivity contribution is 0.414. The zero-order valence-corrected chi connectivity index (χ0v) is 15.5. The van der Waals surface area contributed by atoms with Crippen LogP contribution < -0.4 is 16.0 Å². The van der Waals surface area contributed by atoms with Crippen molar-refractivity contribution >= 4 is 11.8 Å². The van der Waals surface area contributed by atoms with Crippen molar-refractivity contribution in [2.75, 3.05) is 7.11 Å². The van der Waals surface area contributed by atoms with Gasteiger partial charge in [0.05, 0.1) is 7.11 Å². The van der Waals surface area contributed by atoms with E-state index in [0.717, 1.165) is 16.6 Å².